The highest BCUT2D eigenvalue weighted by Gasteiger charge is 2.68. The Balaban J connectivity index is 1.61. The summed E-state index contributed by atoms with van der Waals surface area (Å²) < 4.78 is 21.7. The first kappa shape index (κ1) is 18.8. The minimum absolute atomic E-state index is 0.0916. The molecule has 0 radical (unpaired) electrons. The molecule has 0 spiro atoms. The first-order chi connectivity index (χ1) is 13.5. The van der Waals surface area contributed by atoms with Crippen LogP contribution in [-0.2, 0) is 39.9 Å². The van der Waals surface area contributed by atoms with Crippen molar-refractivity contribution in [3.63, 3.8) is 0 Å². The molecule has 3 aliphatic rings. The van der Waals surface area contributed by atoms with Gasteiger partial charge in [0, 0.05) is 11.8 Å². The second kappa shape index (κ2) is 7.14. The molecule has 2 fully saturated rings. The lowest BCUT2D eigenvalue weighted by atomic mass is 9.71. The Hall–Kier alpha value is -2.51. The molecule has 1 heterocycles. The Kier molecular flexibility index (Phi) is 4.81. The van der Waals surface area contributed by atoms with Crippen LogP contribution in [-0.4, -0.2) is 44.8 Å². The number of rotatable bonds is 5. The SMILES string of the molecule is COC(=O)C1(C(=O)OC)CC2=CC(=O)[C@@H]3[C@@H](OCc4ccccc4)OC[C@H]1[C@H]23. The van der Waals surface area contributed by atoms with Crippen molar-refractivity contribution in [2.45, 2.75) is 19.3 Å². The fraction of sp³-hybridized carbons (Fsp3) is 0.476. The molecule has 7 heteroatoms. The fourth-order valence-corrected chi connectivity index (χ4v) is 4.87. The van der Waals surface area contributed by atoms with Gasteiger partial charge in [-0.05, 0) is 18.1 Å². The van der Waals surface area contributed by atoms with Gasteiger partial charge in [-0.3, -0.25) is 14.4 Å². The predicted molar refractivity (Wildman–Crippen MR) is 95.6 cm³/mol. The standard InChI is InChI=1S/C21H22O7/c1-25-19(23)21(20(24)26-2)9-13-8-15(22)17-16(13)14(21)11-28-18(17)27-10-12-6-4-3-5-7-12/h3-8,14,16-18H,9-11H2,1-2H3/t14-,16-,17-,18-/m0/s1. The molecule has 7 nitrogen and oxygen atoms in total. The van der Waals surface area contributed by atoms with Gasteiger partial charge in [-0.1, -0.05) is 35.9 Å². The van der Waals surface area contributed by atoms with Crippen molar-refractivity contribution < 1.29 is 33.3 Å². The number of methoxy groups -OCH3 is 2. The summed E-state index contributed by atoms with van der Waals surface area (Å²) in [7, 11) is 2.49. The van der Waals surface area contributed by atoms with E-state index in [1.54, 1.807) is 0 Å². The molecule has 1 aromatic rings. The molecule has 28 heavy (non-hydrogen) atoms. The lowest BCUT2D eigenvalue weighted by molar-refractivity contribution is -0.229. The van der Waals surface area contributed by atoms with Crippen LogP contribution in [0.15, 0.2) is 42.0 Å². The zero-order valence-corrected chi connectivity index (χ0v) is 15.8. The number of carbonyl (C=O) groups is 3. The molecule has 148 valence electrons. The summed E-state index contributed by atoms with van der Waals surface area (Å²) in [6, 6.07) is 9.60. The van der Waals surface area contributed by atoms with Crippen LogP contribution in [0.2, 0.25) is 0 Å². The highest BCUT2D eigenvalue weighted by atomic mass is 16.7. The Morgan fingerprint density at radius 3 is 2.43 bits per heavy atom. The van der Waals surface area contributed by atoms with Gasteiger partial charge in [-0.25, -0.2) is 0 Å². The molecule has 0 amide bonds. The molecule has 1 saturated heterocycles. The highest BCUT2D eigenvalue weighted by Crippen LogP contribution is 2.59. The lowest BCUT2D eigenvalue weighted by Gasteiger charge is -2.40. The summed E-state index contributed by atoms with van der Waals surface area (Å²) in [6.45, 7) is 0.413. The molecule has 0 unspecified atom stereocenters. The van der Waals surface area contributed by atoms with E-state index in [0.717, 1.165) is 11.1 Å². The normalized spacial score (nSPS) is 29.8. The van der Waals surface area contributed by atoms with Crippen LogP contribution in [0.1, 0.15) is 12.0 Å². The maximum Gasteiger partial charge on any atom is 0.323 e. The topological polar surface area (TPSA) is 88.1 Å². The number of ether oxygens (including phenoxy) is 4. The third-order valence-corrected chi connectivity index (χ3v) is 6.11. The highest BCUT2D eigenvalue weighted by molar-refractivity contribution is 6.04. The number of ketones is 1. The van der Waals surface area contributed by atoms with E-state index < -0.39 is 35.5 Å². The van der Waals surface area contributed by atoms with Crippen molar-refractivity contribution in [3.05, 3.63) is 47.5 Å². The Labute approximate surface area is 162 Å². The van der Waals surface area contributed by atoms with E-state index in [1.165, 1.54) is 20.3 Å². The largest absolute Gasteiger partial charge is 0.468 e. The van der Waals surface area contributed by atoms with E-state index in [4.69, 9.17) is 18.9 Å². The van der Waals surface area contributed by atoms with Gasteiger partial charge in [0.05, 0.1) is 33.4 Å². The van der Waals surface area contributed by atoms with Crippen LogP contribution >= 0.6 is 0 Å². The zero-order chi connectivity index (χ0) is 19.9. The number of benzene rings is 1. The van der Waals surface area contributed by atoms with Crippen molar-refractivity contribution in [3.8, 4) is 0 Å². The summed E-state index contributed by atoms with van der Waals surface area (Å²) in [4.78, 5) is 37.9. The Morgan fingerprint density at radius 2 is 1.79 bits per heavy atom. The van der Waals surface area contributed by atoms with E-state index >= 15 is 0 Å². The van der Waals surface area contributed by atoms with E-state index in [1.807, 2.05) is 30.3 Å². The molecule has 0 aromatic heterocycles. The Bertz CT molecular complexity index is 812. The number of hydrogen-bond donors (Lipinski definition) is 0. The van der Waals surface area contributed by atoms with Crippen LogP contribution in [0.5, 0.6) is 0 Å². The van der Waals surface area contributed by atoms with E-state index in [9.17, 15) is 14.4 Å². The van der Waals surface area contributed by atoms with Gasteiger partial charge in [-0.2, -0.15) is 0 Å². The fourth-order valence-electron chi connectivity index (χ4n) is 4.87. The molecule has 0 N–H and O–H groups in total. The van der Waals surface area contributed by atoms with Gasteiger partial charge in [0.1, 0.15) is 0 Å². The molecule has 2 aliphatic carbocycles. The van der Waals surface area contributed by atoms with E-state index in [-0.39, 0.29) is 24.7 Å². The van der Waals surface area contributed by atoms with Gasteiger partial charge < -0.3 is 18.9 Å². The maximum atomic E-state index is 12.6. The van der Waals surface area contributed by atoms with Crippen LogP contribution in [0.3, 0.4) is 0 Å². The molecule has 1 saturated carbocycles. The lowest BCUT2D eigenvalue weighted by Crippen LogP contribution is -2.53. The van der Waals surface area contributed by atoms with Gasteiger partial charge in [0.2, 0.25) is 0 Å². The molecule has 0 bridgehead atoms. The first-order valence-corrected chi connectivity index (χ1v) is 9.21. The van der Waals surface area contributed by atoms with Gasteiger partial charge in [0.25, 0.3) is 0 Å². The summed E-state index contributed by atoms with van der Waals surface area (Å²) >= 11 is 0. The number of esters is 2. The average molecular weight is 386 g/mol. The summed E-state index contributed by atoms with van der Waals surface area (Å²) in [5.74, 6) is -2.79. The van der Waals surface area contributed by atoms with E-state index in [0.29, 0.717) is 6.61 Å². The van der Waals surface area contributed by atoms with Crippen molar-refractivity contribution in [1.82, 2.24) is 0 Å². The van der Waals surface area contributed by atoms with Gasteiger partial charge >= 0.3 is 11.9 Å². The van der Waals surface area contributed by atoms with Crippen LogP contribution in [0.25, 0.3) is 0 Å². The van der Waals surface area contributed by atoms with Crippen molar-refractivity contribution in [1.29, 1.82) is 0 Å². The smallest absolute Gasteiger partial charge is 0.323 e. The van der Waals surface area contributed by atoms with Crippen LogP contribution in [0, 0.1) is 23.2 Å². The molecular formula is C21H22O7. The van der Waals surface area contributed by atoms with Crippen LogP contribution < -0.4 is 0 Å². The minimum Gasteiger partial charge on any atom is -0.468 e. The second-order valence-corrected chi connectivity index (χ2v) is 7.41. The summed E-state index contributed by atoms with van der Waals surface area (Å²) in [6.07, 6.45) is 0.913. The summed E-state index contributed by atoms with van der Waals surface area (Å²) in [5.41, 5.74) is 0.257. The molecule has 4 rings (SSSR count). The number of carbonyl (C=O) groups excluding carboxylic acids is 3. The van der Waals surface area contributed by atoms with Crippen molar-refractivity contribution in [2.75, 3.05) is 20.8 Å². The summed E-state index contributed by atoms with van der Waals surface area (Å²) in [5, 5.41) is 0. The third-order valence-electron chi connectivity index (χ3n) is 6.11. The van der Waals surface area contributed by atoms with Gasteiger partial charge in [0.15, 0.2) is 17.5 Å². The maximum absolute atomic E-state index is 12.6. The van der Waals surface area contributed by atoms with Gasteiger partial charge in [-0.15, -0.1) is 0 Å². The number of hydrogen-bond acceptors (Lipinski definition) is 7. The quantitative estimate of drug-likeness (QED) is 0.562. The second-order valence-electron chi connectivity index (χ2n) is 7.41. The van der Waals surface area contributed by atoms with Crippen molar-refractivity contribution >= 4 is 17.7 Å². The average Bonchev–Trinajstić information content (AvgIpc) is 3.23. The monoisotopic (exact) mass is 386 g/mol. The minimum atomic E-state index is -1.48. The predicted octanol–water partition coefficient (Wildman–Crippen LogP) is 1.65. The molecule has 4 atom stereocenters. The molecule has 1 aromatic carbocycles. The first-order valence-electron chi connectivity index (χ1n) is 9.21. The van der Waals surface area contributed by atoms with Crippen molar-refractivity contribution in [2.24, 2.45) is 23.2 Å². The zero-order valence-electron chi connectivity index (χ0n) is 15.8. The van der Waals surface area contributed by atoms with E-state index in [2.05, 4.69) is 0 Å². The van der Waals surface area contributed by atoms with Crippen LogP contribution in [0.4, 0.5) is 0 Å². The molecule has 1 aliphatic heterocycles. The number of allylic oxidation sites excluding steroid dienone is 2. The molecular weight excluding hydrogens is 364 g/mol. The third kappa shape index (κ3) is 2.69. The Morgan fingerprint density at radius 1 is 1.11 bits per heavy atom.